The number of aryl methyl sites for hydroxylation is 1. The van der Waals surface area contributed by atoms with E-state index in [0.29, 0.717) is 0 Å². The van der Waals surface area contributed by atoms with Crippen LogP contribution in [0.1, 0.15) is 12.0 Å². The highest BCUT2D eigenvalue weighted by Gasteiger charge is 2.18. The van der Waals surface area contributed by atoms with Crippen molar-refractivity contribution in [1.29, 1.82) is 0 Å². The fourth-order valence-corrected chi connectivity index (χ4v) is 5.68. The van der Waals surface area contributed by atoms with Crippen molar-refractivity contribution in [2.75, 3.05) is 13.2 Å². The molecule has 3 heteroatoms. The van der Waals surface area contributed by atoms with Crippen molar-refractivity contribution >= 4 is 23.8 Å². The van der Waals surface area contributed by atoms with Crippen LogP contribution in [-0.2, 0) is 15.9 Å². The van der Waals surface area contributed by atoms with Crippen LogP contribution in [0.25, 0.3) is 0 Å². The fraction of sp³-hybridized carbons (Fsp3) is 0.217. The standard InChI is InChI=1S/C23H23O2P/c1-3-9-20(10-4-1)26(21-11-5-2-6-12-21)22-13-7-8-19(18-22)14-15-23-24-16-17-25-23/h1-13,18,23H,14-17H2. The van der Waals surface area contributed by atoms with Crippen LogP contribution in [0.4, 0.5) is 0 Å². The molecule has 0 unspecified atom stereocenters. The molecule has 0 aromatic heterocycles. The molecule has 1 aliphatic rings. The topological polar surface area (TPSA) is 18.5 Å². The molecule has 1 aliphatic heterocycles. The summed E-state index contributed by atoms with van der Waals surface area (Å²) in [6.07, 6.45) is 1.85. The van der Waals surface area contributed by atoms with Crippen LogP contribution in [0.15, 0.2) is 84.9 Å². The summed E-state index contributed by atoms with van der Waals surface area (Å²) >= 11 is 0. The molecule has 132 valence electrons. The number of benzene rings is 3. The van der Waals surface area contributed by atoms with Crippen LogP contribution in [0.5, 0.6) is 0 Å². The van der Waals surface area contributed by atoms with Crippen molar-refractivity contribution in [1.82, 2.24) is 0 Å². The minimum atomic E-state index is -0.546. The normalized spacial score (nSPS) is 14.8. The number of rotatable bonds is 6. The summed E-state index contributed by atoms with van der Waals surface area (Å²) in [7, 11) is -0.546. The van der Waals surface area contributed by atoms with E-state index in [1.165, 1.54) is 21.5 Å². The summed E-state index contributed by atoms with van der Waals surface area (Å²) in [5.41, 5.74) is 1.35. The zero-order valence-corrected chi connectivity index (χ0v) is 15.6. The van der Waals surface area contributed by atoms with Gasteiger partial charge in [0.25, 0.3) is 0 Å². The second-order valence-electron chi connectivity index (χ2n) is 6.39. The van der Waals surface area contributed by atoms with Crippen LogP contribution in [0.3, 0.4) is 0 Å². The predicted octanol–water partition coefficient (Wildman–Crippen LogP) is 3.75. The van der Waals surface area contributed by atoms with Gasteiger partial charge in [-0.1, -0.05) is 84.9 Å². The first-order valence-corrected chi connectivity index (χ1v) is 10.5. The van der Waals surface area contributed by atoms with E-state index in [1.54, 1.807) is 0 Å². The van der Waals surface area contributed by atoms with E-state index in [0.717, 1.165) is 26.1 Å². The third kappa shape index (κ3) is 4.22. The lowest BCUT2D eigenvalue weighted by Crippen LogP contribution is -2.21. The molecule has 0 amide bonds. The van der Waals surface area contributed by atoms with Gasteiger partial charge in [-0.2, -0.15) is 0 Å². The lowest BCUT2D eigenvalue weighted by molar-refractivity contribution is -0.0461. The molecule has 1 fully saturated rings. The SMILES string of the molecule is c1ccc(P(c2ccccc2)c2cccc(CCC3OCCO3)c2)cc1. The summed E-state index contributed by atoms with van der Waals surface area (Å²) in [6.45, 7) is 1.44. The molecule has 0 radical (unpaired) electrons. The molecule has 0 aliphatic carbocycles. The fourth-order valence-electron chi connectivity index (χ4n) is 3.31. The molecule has 0 bridgehead atoms. The van der Waals surface area contributed by atoms with Crippen molar-refractivity contribution in [3.05, 3.63) is 90.5 Å². The van der Waals surface area contributed by atoms with Gasteiger partial charge in [0, 0.05) is 6.42 Å². The van der Waals surface area contributed by atoms with Crippen LogP contribution in [0, 0.1) is 0 Å². The van der Waals surface area contributed by atoms with Gasteiger partial charge in [-0.05, 0) is 35.8 Å². The predicted molar refractivity (Wildman–Crippen MR) is 109 cm³/mol. The molecule has 4 rings (SSSR count). The van der Waals surface area contributed by atoms with E-state index in [9.17, 15) is 0 Å². The molecule has 0 N–H and O–H groups in total. The van der Waals surface area contributed by atoms with Crippen molar-refractivity contribution in [3.8, 4) is 0 Å². The van der Waals surface area contributed by atoms with E-state index in [1.807, 2.05) is 0 Å². The first kappa shape index (κ1) is 17.4. The lowest BCUT2D eigenvalue weighted by atomic mass is 10.1. The van der Waals surface area contributed by atoms with Gasteiger partial charge < -0.3 is 9.47 Å². The molecule has 0 spiro atoms. The summed E-state index contributed by atoms with van der Waals surface area (Å²) in [5.74, 6) is 0. The second kappa shape index (κ2) is 8.60. The van der Waals surface area contributed by atoms with Gasteiger partial charge in [0.1, 0.15) is 0 Å². The molecule has 0 atom stereocenters. The Morgan fingerprint density at radius 1 is 0.692 bits per heavy atom. The van der Waals surface area contributed by atoms with Crippen LogP contribution in [-0.4, -0.2) is 19.5 Å². The molecular formula is C23H23O2P. The van der Waals surface area contributed by atoms with Gasteiger partial charge in [0.05, 0.1) is 13.2 Å². The van der Waals surface area contributed by atoms with Gasteiger partial charge >= 0.3 is 0 Å². The molecule has 0 saturated carbocycles. The van der Waals surface area contributed by atoms with Gasteiger partial charge in [-0.15, -0.1) is 0 Å². The maximum atomic E-state index is 5.57. The zero-order chi connectivity index (χ0) is 17.6. The maximum absolute atomic E-state index is 5.57. The Labute approximate surface area is 156 Å². The van der Waals surface area contributed by atoms with E-state index < -0.39 is 7.92 Å². The monoisotopic (exact) mass is 362 g/mol. The molecule has 1 heterocycles. The van der Waals surface area contributed by atoms with E-state index in [-0.39, 0.29) is 6.29 Å². The Bertz CT molecular complexity index is 774. The Kier molecular flexibility index (Phi) is 5.76. The highest BCUT2D eigenvalue weighted by Crippen LogP contribution is 2.32. The van der Waals surface area contributed by atoms with Crippen molar-refractivity contribution in [3.63, 3.8) is 0 Å². The molecule has 1 saturated heterocycles. The Hall–Kier alpha value is -1.99. The molecule has 3 aromatic rings. The first-order valence-electron chi connectivity index (χ1n) is 9.12. The quantitative estimate of drug-likeness (QED) is 0.622. The van der Waals surface area contributed by atoms with Gasteiger partial charge in [-0.25, -0.2) is 0 Å². The zero-order valence-electron chi connectivity index (χ0n) is 14.8. The van der Waals surface area contributed by atoms with E-state index >= 15 is 0 Å². The van der Waals surface area contributed by atoms with Crippen LogP contribution < -0.4 is 15.9 Å². The first-order chi connectivity index (χ1) is 12.9. The third-order valence-corrected chi connectivity index (χ3v) is 6.98. The lowest BCUT2D eigenvalue weighted by Gasteiger charge is -2.20. The minimum absolute atomic E-state index is 0.0385. The molecule has 26 heavy (non-hydrogen) atoms. The smallest absolute Gasteiger partial charge is 0.158 e. The highest BCUT2D eigenvalue weighted by atomic mass is 31.1. The Morgan fingerprint density at radius 3 is 1.88 bits per heavy atom. The number of hydrogen-bond acceptors (Lipinski definition) is 2. The maximum Gasteiger partial charge on any atom is 0.158 e. The summed E-state index contributed by atoms with van der Waals surface area (Å²) in [6, 6.07) is 30.7. The average Bonchev–Trinajstić information content (AvgIpc) is 3.22. The minimum Gasteiger partial charge on any atom is -0.350 e. The van der Waals surface area contributed by atoms with Crippen LogP contribution >= 0.6 is 7.92 Å². The highest BCUT2D eigenvalue weighted by molar-refractivity contribution is 7.79. The van der Waals surface area contributed by atoms with Gasteiger partial charge in [-0.3, -0.25) is 0 Å². The Morgan fingerprint density at radius 2 is 1.27 bits per heavy atom. The van der Waals surface area contributed by atoms with Crippen LogP contribution in [0.2, 0.25) is 0 Å². The van der Waals surface area contributed by atoms with E-state index in [4.69, 9.17) is 9.47 Å². The third-order valence-electron chi connectivity index (χ3n) is 4.56. The van der Waals surface area contributed by atoms with Gasteiger partial charge in [0.2, 0.25) is 0 Å². The summed E-state index contributed by atoms with van der Waals surface area (Å²) in [5, 5.41) is 4.16. The largest absolute Gasteiger partial charge is 0.350 e. The summed E-state index contributed by atoms with van der Waals surface area (Å²) in [4.78, 5) is 0. The molecular weight excluding hydrogens is 339 g/mol. The van der Waals surface area contributed by atoms with Gasteiger partial charge in [0.15, 0.2) is 6.29 Å². The van der Waals surface area contributed by atoms with Crippen molar-refractivity contribution < 1.29 is 9.47 Å². The molecule has 2 nitrogen and oxygen atoms in total. The van der Waals surface area contributed by atoms with Crippen molar-refractivity contribution in [2.45, 2.75) is 19.1 Å². The molecule has 3 aromatic carbocycles. The van der Waals surface area contributed by atoms with Crippen molar-refractivity contribution in [2.24, 2.45) is 0 Å². The Balaban J connectivity index is 1.62. The average molecular weight is 362 g/mol. The summed E-state index contributed by atoms with van der Waals surface area (Å²) < 4.78 is 11.1. The second-order valence-corrected chi connectivity index (χ2v) is 8.61. The van der Waals surface area contributed by atoms with E-state index in [2.05, 4.69) is 84.9 Å². The number of ether oxygens (including phenoxy) is 2. The number of hydrogen-bond donors (Lipinski definition) is 0.